The van der Waals surface area contributed by atoms with Crippen molar-refractivity contribution in [2.45, 2.75) is 52.1 Å². The van der Waals surface area contributed by atoms with Crippen LogP contribution in [0.5, 0.6) is 17.5 Å². The first-order valence-corrected chi connectivity index (χ1v) is 16.8. The summed E-state index contributed by atoms with van der Waals surface area (Å²) in [6.45, 7) is 6.08. The number of likely N-dealkylation sites (tertiary alicyclic amines) is 1. The number of aliphatic hydroxyl groups is 1. The van der Waals surface area contributed by atoms with Crippen LogP contribution in [0.1, 0.15) is 58.3 Å². The van der Waals surface area contributed by atoms with E-state index in [0.717, 1.165) is 47.8 Å². The SMILES string of the molecule is COc1ccc(CN(Cc2ccc(OC)cc2)c2nc(OCc3cc(C)on3)nn3c(C(O)c4ccc(CN5CCCC5)cc4)cnc23)cc1. The van der Waals surface area contributed by atoms with E-state index in [1.165, 1.54) is 18.4 Å². The van der Waals surface area contributed by atoms with Crippen molar-refractivity contribution in [1.82, 2.24) is 29.6 Å². The van der Waals surface area contributed by atoms with Gasteiger partial charge < -0.3 is 28.7 Å². The van der Waals surface area contributed by atoms with E-state index < -0.39 is 6.10 Å². The van der Waals surface area contributed by atoms with Gasteiger partial charge >= 0.3 is 6.01 Å². The molecule has 0 bridgehead atoms. The van der Waals surface area contributed by atoms with E-state index in [-0.39, 0.29) is 12.6 Å². The molecule has 7 rings (SSSR count). The highest BCUT2D eigenvalue weighted by molar-refractivity contribution is 5.65. The number of fused-ring (bicyclic) bond motifs is 1. The molecule has 1 aliphatic rings. The van der Waals surface area contributed by atoms with Crippen LogP contribution in [-0.2, 0) is 26.2 Å². The number of aromatic nitrogens is 5. The molecular weight excluding hydrogens is 634 g/mol. The minimum atomic E-state index is -0.990. The number of ether oxygens (including phenoxy) is 3. The second-order valence-corrected chi connectivity index (χ2v) is 12.5. The standard InChI is InChI=1S/C38H41N7O5/c1-26-20-31(42-50-26)25-49-38-40-37(44(23-28-8-14-32(47-2)15-9-28)24-29-10-16-33(48-3)17-11-29)36-39-21-34(45(36)41-38)35(46)30-12-6-27(7-13-30)22-43-18-4-5-19-43/h6-17,20-21,35,46H,4-5,18-19,22-25H2,1-3H3. The Morgan fingerprint density at radius 1 is 0.860 bits per heavy atom. The van der Waals surface area contributed by atoms with Crippen LogP contribution in [0.15, 0.2) is 89.6 Å². The second-order valence-electron chi connectivity index (χ2n) is 12.5. The monoisotopic (exact) mass is 675 g/mol. The molecule has 3 aromatic heterocycles. The molecule has 6 aromatic rings. The van der Waals surface area contributed by atoms with Gasteiger partial charge in [-0.2, -0.15) is 4.98 Å². The highest BCUT2D eigenvalue weighted by atomic mass is 16.5. The molecule has 12 nitrogen and oxygen atoms in total. The number of aliphatic hydroxyl groups excluding tert-OH is 1. The van der Waals surface area contributed by atoms with E-state index in [1.54, 1.807) is 31.0 Å². The highest BCUT2D eigenvalue weighted by Crippen LogP contribution is 2.30. The largest absolute Gasteiger partial charge is 0.497 e. The summed E-state index contributed by atoms with van der Waals surface area (Å²) in [6.07, 6.45) is 3.16. The summed E-state index contributed by atoms with van der Waals surface area (Å²) in [6, 6.07) is 25.9. The third-order valence-electron chi connectivity index (χ3n) is 8.92. The zero-order chi connectivity index (χ0) is 34.5. The van der Waals surface area contributed by atoms with Crippen LogP contribution in [0.3, 0.4) is 0 Å². The van der Waals surface area contributed by atoms with Gasteiger partial charge in [-0.25, -0.2) is 9.50 Å². The van der Waals surface area contributed by atoms with Crippen molar-refractivity contribution in [3.8, 4) is 17.5 Å². The molecule has 12 heteroatoms. The van der Waals surface area contributed by atoms with E-state index in [2.05, 4.69) is 27.1 Å². The van der Waals surface area contributed by atoms with Crippen molar-refractivity contribution in [2.24, 2.45) is 0 Å². The van der Waals surface area contributed by atoms with Gasteiger partial charge in [-0.1, -0.05) is 53.7 Å². The van der Waals surface area contributed by atoms with Crippen molar-refractivity contribution in [1.29, 1.82) is 0 Å². The average molecular weight is 676 g/mol. The van der Waals surface area contributed by atoms with Crippen LogP contribution in [-0.4, -0.2) is 62.1 Å². The average Bonchev–Trinajstić information content (AvgIpc) is 3.92. The summed E-state index contributed by atoms with van der Waals surface area (Å²) < 4.78 is 23.8. The Morgan fingerprint density at radius 3 is 2.06 bits per heavy atom. The molecule has 3 aromatic carbocycles. The summed E-state index contributed by atoms with van der Waals surface area (Å²) in [4.78, 5) is 14.3. The zero-order valence-corrected chi connectivity index (χ0v) is 28.5. The molecule has 0 radical (unpaired) electrons. The molecule has 4 heterocycles. The van der Waals surface area contributed by atoms with Gasteiger partial charge in [-0.05, 0) is 79.4 Å². The van der Waals surface area contributed by atoms with E-state index in [9.17, 15) is 5.11 Å². The second kappa shape index (κ2) is 15.0. The maximum Gasteiger partial charge on any atom is 0.336 e. The van der Waals surface area contributed by atoms with Crippen molar-refractivity contribution in [3.05, 3.63) is 124 Å². The minimum absolute atomic E-state index is 0.101. The first-order valence-electron chi connectivity index (χ1n) is 16.8. The van der Waals surface area contributed by atoms with E-state index in [4.69, 9.17) is 33.8 Å². The lowest BCUT2D eigenvalue weighted by Gasteiger charge is -2.25. The van der Waals surface area contributed by atoms with Gasteiger partial charge in [-0.3, -0.25) is 4.90 Å². The van der Waals surface area contributed by atoms with Crippen LogP contribution >= 0.6 is 0 Å². The van der Waals surface area contributed by atoms with Gasteiger partial charge in [-0.15, -0.1) is 5.10 Å². The summed E-state index contributed by atoms with van der Waals surface area (Å²) in [7, 11) is 3.30. The molecule has 0 spiro atoms. The van der Waals surface area contributed by atoms with Gasteiger partial charge in [0.15, 0.2) is 11.5 Å². The van der Waals surface area contributed by atoms with E-state index in [1.807, 2.05) is 67.6 Å². The van der Waals surface area contributed by atoms with Crippen molar-refractivity contribution >= 4 is 11.5 Å². The summed E-state index contributed by atoms with van der Waals surface area (Å²) >= 11 is 0. The summed E-state index contributed by atoms with van der Waals surface area (Å²) in [5, 5.41) is 20.5. The maximum atomic E-state index is 11.7. The zero-order valence-electron chi connectivity index (χ0n) is 28.5. The fourth-order valence-corrected chi connectivity index (χ4v) is 6.23. The van der Waals surface area contributed by atoms with Crippen LogP contribution in [0.2, 0.25) is 0 Å². The molecule has 0 saturated carbocycles. The Bertz CT molecular complexity index is 1950. The van der Waals surface area contributed by atoms with Crippen LogP contribution in [0.25, 0.3) is 5.65 Å². The predicted octanol–water partition coefficient (Wildman–Crippen LogP) is 5.90. The number of hydrogen-bond acceptors (Lipinski definition) is 11. The Kier molecular flexibility index (Phi) is 9.90. The molecule has 1 N–H and O–H groups in total. The molecule has 1 aliphatic heterocycles. The first-order chi connectivity index (χ1) is 24.4. The van der Waals surface area contributed by atoms with Crippen molar-refractivity contribution in [2.75, 3.05) is 32.2 Å². The van der Waals surface area contributed by atoms with E-state index >= 15 is 0 Å². The number of anilines is 1. The van der Waals surface area contributed by atoms with Gasteiger partial charge in [0.05, 0.1) is 26.1 Å². The predicted molar refractivity (Wildman–Crippen MR) is 187 cm³/mol. The van der Waals surface area contributed by atoms with Crippen molar-refractivity contribution < 1.29 is 23.8 Å². The van der Waals surface area contributed by atoms with E-state index in [0.29, 0.717) is 41.7 Å². The van der Waals surface area contributed by atoms with Gasteiger partial charge in [0, 0.05) is 25.7 Å². The molecule has 258 valence electrons. The molecule has 1 fully saturated rings. The molecular formula is C38H41N7O5. The van der Waals surface area contributed by atoms with Crippen LogP contribution < -0.4 is 19.1 Å². The highest BCUT2D eigenvalue weighted by Gasteiger charge is 2.24. The number of rotatable bonds is 14. The lowest BCUT2D eigenvalue weighted by molar-refractivity contribution is 0.211. The van der Waals surface area contributed by atoms with Gasteiger partial charge in [0.2, 0.25) is 0 Å². The number of hydrogen-bond donors (Lipinski definition) is 1. The smallest absolute Gasteiger partial charge is 0.336 e. The Hall–Kier alpha value is -5.46. The lowest BCUT2D eigenvalue weighted by atomic mass is 10.0. The number of nitrogens with zero attached hydrogens (tertiary/aromatic N) is 7. The van der Waals surface area contributed by atoms with Gasteiger partial charge in [0.1, 0.15) is 35.7 Å². The fraction of sp³-hybridized carbons (Fsp3) is 0.316. The molecule has 1 saturated heterocycles. The normalized spacial score (nSPS) is 13.8. The number of imidazole rings is 1. The van der Waals surface area contributed by atoms with Crippen LogP contribution in [0.4, 0.5) is 5.82 Å². The quantitative estimate of drug-likeness (QED) is 0.148. The van der Waals surface area contributed by atoms with Crippen LogP contribution in [0, 0.1) is 6.92 Å². The fourth-order valence-electron chi connectivity index (χ4n) is 6.23. The Labute approximate surface area is 290 Å². The molecule has 0 aliphatic carbocycles. The molecule has 1 unspecified atom stereocenters. The third-order valence-corrected chi connectivity index (χ3v) is 8.92. The summed E-state index contributed by atoms with van der Waals surface area (Å²) in [5.41, 5.74) is 5.63. The number of aryl methyl sites for hydroxylation is 1. The Morgan fingerprint density at radius 2 is 1.48 bits per heavy atom. The van der Waals surface area contributed by atoms with Crippen molar-refractivity contribution in [3.63, 3.8) is 0 Å². The third kappa shape index (κ3) is 7.56. The molecule has 1 atom stereocenters. The Balaban J connectivity index is 1.26. The minimum Gasteiger partial charge on any atom is -0.497 e. The summed E-state index contributed by atoms with van der Waals surface area (Å²) in [5.74, 6) is 2.76. The molecule has 50 heavy (non-hydrogen) atoms. The number of methoxy groups -OCH3 is 2. The van der Waals surface area contributed by atoms with Gasteiger partial charge in [0.25, 0.3) is 0 Å². The first kappa shape index (κ1) is 33.1. The number of benzene rings is 3. The molecule has 0 amide bonds. The maximum absolute atomic E-state index is 11.7. The topological polar surface area (TPSA) is 124 Å². The lowest BCUT2D eigenvalue weighted by Crippen LogP contribution is -2.25.